The summed E-state index contributed by atoms with van der Waals surface area (Å²) in [6, 6.07) is 5.53. The van der Waals surface area contributed by atoms with Crippen molar-refractivity contribution in [3.8, 4) is 5.75 Å². The van der Waals surface area contributed by atoms with Crippen LogP contribution < -0.4 is 10.5 Å². The van der Waals surface area contributed by atoms with Gasteiger partial charge in [0.15, 0.2) is 0 Å². The van der Waals surface area contributed by atoms with Gasteiger partial charge in [-0.25, -0.2) is 4.79 Å². The van der Waals surface area contributed by atoms with Crippen LogP contribution >= 0.6 is 0 Å². The minimum absolute atomic E-state index is 0.286. The van der Waals surface area contributed by atoms with Crippen LogP contribution in [0.2, 0.25) is 0 Å². The second-order valence-corrected chi connectivity index (χ2v) is 4.81. The lowest BCUT2D eigenvalue weighted by atomic mass is 9.89. The lowest BCUT2D eigenvalue weighted by molar-refractivity contribution is -0.146. The quantitative estimate of drug-likeness (QED) is 0.833. The van der Waals surface area contributed by atoms with Crippen LogP contribution in [0.4, 0.5) is 0 Å². The number of esters is 1. The minimum Gasteiger partial charge on any atom is -0.496 e. The Balaban J connectivity index is 3.27. The maximum absolute atomic E-state index is 11.7. The summed E-state index contributed by atoms with van der Waals surface area (Å²) in [6.45, 7) is 5.77. The number of ether oxygens (including phenoxy) is 2. The molecule has 0 fully saturated rings. The van der Waals surface area contributed by atoms with E-state index in [-0.39, 0.29) is 5.92 Å². The molecule has 0 radical (unpaired) electrons. The second kappa shape index (κ2) is 5.40. The molecule has 1 rings (SSSR count). The van der Waals surface area contributed by atoms with Crippen molar-refractivity contribution in [1.29, 1.82) is 0 Å². The normalized spacial score (nSPS) is 14.2. The molecule has 1 unspecified atom stereocenters. The van der Waals surface area contributed by atoms with Crippen LogP contribution in [0.25, 0.3) is 0 Å². The highest BCUT2D eigenvalue weighted by molar-refractivity contribution is 5.81. The minimum atomic E-state index is -1.15. The first-order valence-electron chi connectivity index (χ1n) is 5.90. The zero-order chi connectivity index (χ0) is 13.9. The van der Waals surface area contributed by atoms with Gasteiger partial charge >= 0.3 is 5.97 Å². The summed E-state index contributed by atoms with van der Waals surface area (Å²) in [5.41, 5.74) is 6.63. The number of nitrogens with two attached hydrogens (primary N) is 1. The second-order valence-electron chi connectivity index (χ2n) is 4.81. The Hall–Kier alpha value is -1.55. The van der Waals surface area contributed by atoms with Gasteiger partial charge in [-0.05, 0) is 36.1 Å². The number of rotatable bonds is 4. The number of carbonyl (C=O) groups excluding carboxylic acids is 1. The Morgan fingerprint density at radius 3 is 2.39 bits per heavy atom. The molecule has 0 aliphatic carbocycles. The van der Waals surface area contributed by atoms with Crippen molar-refractivity contribution in [2.24, 2.45) is 5.73 Å². The van der Waals surface area contributed by atoms with Gasteiger partial charge in [0, 0.05) is 0 Å². The number of methoxy groups -OCH3 is 2. The topological polar surface area (TPSA) is 61.5 Å². The van der Waals surface area contributed by atoms with Crippen molar-refractivity contribution < 1.29 is 14.3 Å². The highest BCUT2D eigenvalue weighted by atomic mass is 16.5. The molecule has 0 aromatic heterocycles. The van der Waals surface area contributed by atoms with E-state index in [2.05, 4.69) is 13.8 Å². The van der Waals surface area contributed by atoms with E-state index in [1.807, 2.05) is 12.1 Å². The van der Waals surface area contributed by atoms with E-state index in [1.54, 1.807) is 20.1 Å². The fourth-order valence-corrected chi connectivity index (χ4v) is 1.84. The first-order chi connectivity index (χ1) is 8.34. The van der Waals surface area contributed by atoms with Crippen molar-refractivity contribution in [2.75, 3.05) is 14.2 Å². The van der Waals surface area contributed by atoms with Crippen LogP contribution in [-0.4, -0.2) is 20.2 Å². The molecule has 1 aromatic rings. The van der Waals surface area contributed by atoms with E-state index in [9.17, 15) is 4.79 Å². The Morgan fingerprint density at radius 1 is 1.33 bits per heavy atom. The molecule has 0 amide bonds. The zero-order valence-corrected chi connectivity index (χ0v) is 11.6. The summed E-state index contributed by atoms with van der Waals surface area (Å²) in [5, 5.41) is 0. The third-order valence-corrected chi connectivity index (χ3v) is 3.06. The Bertz CT molecular complexity index is 439. The fourth-order valence-electron chi connectivity index (χ4n) is 1.84. The molecule has 0 spiro atoms. The first kappa shape index (κ1) is 14.5. The molecule has 4 heteroatoms. The third-order valence-electron chi connectivity index (χ3n) is 3.06. The summed E-state index contributed by atoms with van der Waals surface area (Å²) in [5.74, 6) is 0.630. The highest BCUT2D eigenvalue weighted by Gasteiger charge is 2.32. The molecule has 4 nitrogen and oxygen atoms in total. The summed E-state index contributed by atoms with van der Waals surface area (Å²) >= 11 is 0. The van der Waals surface area contributed by atoms with Crippen LogP contribution in [0.1, 0.15) is 37.8 Å². The van der Waals surface area contributed by atoms with Gasteiger partial charge in [0.25, 0.3) is 0 Å². The summed E-state index contributed by atoms with van der Waals surface area (Å²) < 4.78 is 10.0. The van der Waals surface area contributed by atoms with Crippen molar-refractivity contribution in [1.82, 2.24) is 0 Å². The van der Waals surface area contributed by atoms with E-state index in [1.165, 1.54) is 7.11 Å². The smallest absolute Gasteiger partial charge is 0.330 e. The maximum atomic E-state index is 11.7. The predicted octanol–water partition coefficient (Wildman–Crippen LogP) is 2.17. The molecular formula is C14H21NO3. The Morgan fingerprint density at radius 2 is 1.94 bits per heavy atom. The van der Waals surface area contributed by atoms with Gasteiger partial charge in [-0.3, -0.25) is 0 Å². The predicted molar refractivity (Wildman–Crippen MR) is 70.6 cm³/mol. The molecular weight excluding hydrogens is 230 g/mol. The van der Waals surface area contributed by atoms with Crippen molar-refractivity contribution in [3.05, 3.63) is 29.3 Å². The number of hydrogen-bond acceptors (Lipinski definition) is 4. The maximum Gasteiger partial charge on any atom is 0.330 e. The van der Waals surface area contributed by atoms with Gasteiger partial charge < -0.3 is 15.2 Å². The van der Waals surface area contributed by atoms with Gasteiger partial charge in [-0.15, -0.1) is 0 Å². The molecule has 0 aliphatic heterocycles. The lowest BCUT2D eigenvalue weighted by Gasteiger charge is -2.24. The monoisotopic (exact) mass is 251 g/mol. The molecule has 1 aromatic carbocycles. The molecule has 1 atom stereocenters. The van der Waals surface area contributed by atoms with E-state index in [4.69, 9.17) is 15.2 Å². The Labute approximate surface area is 108 Å². The van der Waals surface area contributed by atoms with Gasteiger partial charge in [0.05, 0.1) is 14.2 Å². The molecule has 0 saturated carbocycles. The van der Waals surface area contributed by atoms with E-state index in [0.717, 1.165) is 16.9 Å². The summed E-state index contributed by atoms with van der Waals surface area (Å²) in [4.78, 5) is 11.7. The Kier molecular flexibility index (Phi) is 4.35. The number of benzene rings is 1. The summed E-state index contributed by atoms with van der Waals surface area (Å²) in [7, 11) is 2.96. The zero-order valence-electron chi connectivity index (χ0n) is 11.6. The number of carbonyl (C=O) groups is 1. The highest BCUT2D eigenvalue weighted by Crippen LogP contribution is 2.30. The van der Waals surface area contributed by atoms with Crippen LogP contribution in [0, 0.1) is 0 Å². The third kappa shape index (κ3) is 2.64. The standard InChI is InChI=1S/C14H21NO3/c1-9(2)11-8-10(6-7-12(11)17-4)14(3,15)13(16)18-5/h6-9H,15H2,1-5H3. The molecule has 0 heterocycles. The van der Waals surface area contributed by atoms with Crippen LogP contribution in [-0.2, 0) is 15.1 Å². The van der Waals surface area contributed by atoms with Crippen molar-refractivity contribution >= 4 is 5.97 Å². The molecule has 0 saturated heterocycles. The van der Waals surface area contributed by atoms with Crippen molar-refractivity contribution in [3.63, 3.8) is 0 Å². The van der Waals surface area contributed by atoms with Gasteiger partial charge in [-0.1, -0.05) is 19.9 Å². The fraction of sp³-hybridized carbons (Fsp3) is 0.500. The first-order valence-corrected chi connectivity index (χ1v) is 5.90. The van der Waals surface area contributed by atoms with Gasteiger partial charge in [0.2, 0.25) is 0 Å². The lowest BCUT2D eigenvalue weighted by Crippen LogP contribution is -2.42. The molecule has 100 valence electrons. The average Bonchev–Trinajstić information content (AvgIpc) is 2.36. The van der Waals surface area contributed by atoms with E-state index >= 15 is 0 Å². The van der Waals surface area contributed by atoms with Crippen LogP contribution in [0.15, 0.2) is 18.2 Å². The van der Waals surface area contributed by atoms with Crippen LogP contribution in [0.3, 0.4) is 0 Å². The molecule has 18 heavy (non-hydrogen) atoms. The SMILES string of the molecule is COC(=O)C(C)(N)c1ccc(OC)c(C(C)C)c1. The number of hydrogen-bond donors (Lipinski definition) is 1. The largest absolute Gasteiger partial charge is 0.496 e. The molecule has 2 N–H and O–H groups in total. The molecule has 0 aliphatic rings. The van der Waals surface area contributed by atoms with Crippen molar-refractivity contribution in [2.45, 2.75) is 32.2 Å². The van der Waals surface area contributed by atoms with Gasteiger partial charge in [-0.2, -0.15) is 0 Å². The van der Waals surface area contributed by atoms with Crippen LogP contribution in [0.5, 0.6) is 5.75 Å². The van der Waals surface area contributed by atoms with E-state index in [0.29, 0.717) is 0 Å². The van der Waals surface area contributed by atoms with Gasteiger partial charge in [0.1, 0.15) is 11.3 Å². The summed E-state index contributed by atoms with van der Waals surface area (Å²) in [6.07, 6.45) is 0. The average molecular weight is 251 g/mol. The molecule has 0 bridgehead atoms. The van der Waals surface area contributed by atoms with E-state index < -0.39 is 11.5 Å².